The van der Waals surface area contributed by atoms with Crippen LogP contribution in [0.4, 0.5) is 0 Å². The average Bonchev–Trinajstić information content (AvgIpc) is 2.14. The molecule has 4 heteroatoms. The molecule has 0 aromatic heterocycles. The smallest absolute Gasteiger partial charge is 0.175 e. The molecule has 76 valence electrons. The molecule has 0 N–H and O–H groups in total. The highest BCUT2D eigenvalue weighted by Crippen LogP contribution is 2.11. The normalized spacial score (nSPS) is 11.9. The minimum Gasteiger partial charge on any atom is -0.504 e. The molecule has 0 saturated heterocycles. The highest BCUT2D eigenvalue weighted by Gasteiger charge is 2.04. The van der Waals surface area contributed by atoms with Gasteiger partial charge in [0.15, 0.2) is 9.84 Å². The Kier molecular flexibility index (Phi) is 3.30. The molecule has 0 heterocycles. The summed E-state index contributed by atoms with van der Waals surface area (Å²) in [5, 5.41) is 0. The third-order valence-electron chi connectivity index (χ3n) is 1.70. The van der Waals surface area contributed by atoms with Crippen LogP contribution in [-0.4, -0.2) is 21.8 Å². The summed E-state index contributed by atoms with van der Waals surface area (Å²) in [6, 6.07) is 6.60. The Labute approximate surface area is 83.9 Å². The van der Waals surface area contributed by atoms with Crippen molar-refractivity contribution in [2.45, 2.75) is 4.90 Å². The Morgan fingerprint density at radius 2 is 1.79 bits per heavy atom. The highest BCUT2D eigenvalue weighted by atomic mass is 32.2. The summed E-state index contributed by atoms with van der Waals surface area (Å²) in [4.78, 5) is 0.326. The monoisotopic (exact) mass is 212 g/mol. The van der Waals surface area contributed by atoms with E-state index >= 15 is 0 Å². The minimum atomic E-state index is -3.10. The highest BCUT2D eigenvalue weighted by molar-refractivity contribution is 7.90. The van der Waals surface area contributed by atoms with Gasteiger partial charge in [-0.3, -0.25) is 0 Å². The van der Waals surface area contributed by atoms with E-state index in [9.17, 15) is 8.42 Å². The first-order valence-corrected chi connectivity index (χ1v) is 5.92. The van der Waals surface area contributed by atoms with Crippen molar-refractivity contribution < 1.29 is 13.2 Å². The van der Waals surface area contributed by atoms with Crippen molar-refractivity contribution in [2.75, 3.05) is 13.4 Å². The molecule has 14 heavy (non-hydrogen) atoms. The molecule has 0 fully saturated rings. The van der Waals surface area contributed by atoms with Crippen LogP contribution in [0.25, 0.3) is 6.08 Å². The number of sulfone groups is 1. The molecule has 0 amide bonds. The number of methoxy groups -OCH3 is 1. The summed E-state index contributed by atoms with van der Waals surface area (Å²) >= 11 is 0. The van der Waals surface area contributed by atoms with Crippen LogP contribution in [0.1, 0.15) is 5.56 Å². The Bertz CT molecular complexity index is 415. The van der Waals surface area contributed by atoms with Crippen molar-refractivity contribution >= 4 is 15.9 Å². The fraction of sp³-hybridized carbons (Fsp3) is 0.200. The van der Waals surface area contributed by atoms with Crippen molar-refractivity contribution in [3.05, 3.63) is 36.1 Å². The number of rotatable bonds is 3. The molecule has 1 rings (SSSR count). The van der Waals surface area contributed by atoms with E-state index in [1.54, 1.807) is 37.5 Å². The molecule has 0 radical (unpaired) electrons. The maximum absolute atomic E-state index is 11.1. The van der Waals surface area contributed by atoms with Gasteiger partial charge < -0.3 is 4.74 Å². The predicted molar refractivity (Wildman–Crippen MR) is 55.6 cm³/mol. The quantitative estimate of drug-likeness (QED) is 0.716. The predicted octanol–water partition coefficient (Wildman–Crippen LogP) is 1.71. The van der Waals surface area contributed by atoms with E-state index in [0.29, 0.717) is 4.90 Å². The largest absolute Gasteiger partial charge is 0.504 e. The van der Waals surface area contributed by atoms with Crippen LogP contribution in [-0.2, 0) is 14.6 Å². The van der Waals surface area contributed by atoms with Crippen LogP contribution < -0.4 is 0 Å². The van der Waals surface area contributed by atoms with Crippen LogP contribution in [0, 0.1) is 0 Å². The van der Waals surface area contributed by atoms with Crippen molar-refractivity contribution in [3.63, 3.8) is 0 Å². The molecule has 0 unspecified atom stereocenters. The van der Waals surface area contributed by atoms with Gasteiger partial charge in [-0.05, 0) is 23.8 Å². The second kappa shape index (κ2) is 4.28. The first kappa shape index (κ1) is 10.8. The summed E-state index contributed by atoms with van der Waals surface area (Å²) in [5.41, 5.74) is 0.902. The Hall–Kier alpha value is -1.29. The van der Waals surface area contributed by atoms with Gasteiger partial charge in [0.2, 0.25) is 0 Å². The Morgan fingerprint density at radius 1 is 1.21 bits per heavy atom. The maximum Gasteiger partial charge on any atom is 0.175 e. The van der Waals surface area contributed by atoms with Crippen LogP contribution in [0.5, 0.6) is 0 Å². The van der Waals surface area contributed by atoms with E-state index in [2.05, 4.69) is 0 Å². The van der Waals surface area contributed by atoms with E-state index in [-0.39, 0.29) is 0 Å². The lowest BCUT2D eigenvalue weighted by Gasteiger charge is -1.98. The van der Waals surface area contributed by atoms with Gasteiger partial charge in [0.05, 0.1) is 18.3 Å². The molecule has 0 aliphatic rings. The molecule has 0 aliphatic heterocycles. The first-order valence-electron chi connectivity index (χ1n) is 4.03. The third-order valence-corrected chi connectivity index (χ3v) is 2.83. The third kappa shape index (κ3) is 2.88. The molecule has 1 aromatic carbocycles. The average molecular weight is 212 g/mol. The number of hydrogen-bond donors (Lipinski definition) is 0. The summed E-state index contributed by atoms with van der Waals surface area (Å²) in [5.74, 6) is 0. The zero-order valence-corrected chi connectivity index (χ0v) is 8.91. The Balaban J connectivity index is 2.95. The lowest BCUT2D eigenvalue weighted by molar-refractivity contribution is 0.341. The number of hydrogen-bond acceptors (Lipinski definition) is 3. The van der Waals surface area contributed by atoms with Gasteiger partial charge in [0.1, 0.15) is 0 Å². The zero-order chi connectivity index (χ0) is 10.6. The summed E-state index contributed by atoms with van der Waals surface area (Å²) in [6.45, 7) is 0. The van der Waals surface area contributed by atoms with Gasteiger partial charge in [-0.25, -0.2) is 8.42 Å². The van der Waals surface area contributed by atoms with E-state index < -0.39 is 9.84 Å². The first-order chi connectivity index (χ1) is 6.54. The second-order valence-electron chi connectivity index (χ2n) is 2.88. The van der Waals surface area contributed by atoms with Crippen molar-refractivity contribution in [1.29, 1.82) is 0 Å². The van der Waals surface area contributed by atoms with Gasteiger partial charge in [0, 0.05) is 6.26 Å². The molecule has 0 spiro atoms. The van der Waals surface area contributed by atoms with Crippen molar-refractivity contribution in [2.24, 2.45) is 0 Å². The maximum atomic E-state index is 11.1. The molecule has 0 bridgehead atoms. The van der Waals surface area contributed by atoms with E-state index in [0.717, 1.165) is 5.56 Å². The zero-order valence-electron chi connectivity index (χ0n) is 8.10. The van der Waals surface area contributed by atoms with Crippen LogP contribution in [0.15, 0.2) is 35.4 Å². The molecule has 0 aliphatic carbocycles. The van der Waals surface area contributed by atoms with E-state index in [1.165, 1.54) is 12.5 Å². The van der Waals surface area contributed by atoms with Gasteiger partial charge in [-0.1, -0.05) is 12.1 Å². The lowest BCUT2D eigenvalue weighted by atomic mass is 10.2. The molecule has 1 aromatic rings. The minimum absolute atomic E-state index is 0.326. The SMILES string of the molecule is COC=Cc1ccc(S(C)(=O)=O)cc1. The van der Waals surface area contributed by atoms with Gasteiger partial charge in [-0.15, -0.1) is 0 Å². The van der Waals surface area contributed by atoms with Crippen molar-refractivity contribution in [1.82, 2.24) is 0 Å². The fourth-order valence-electron chi connectivity index (χ4n) is 0.973. The topological polar surface area (TPSA) is 43.4 Å². The summed E-state index contributed by atoms with van der Waals surface area (Å²) in [7, 11) is -1.54. The second-order valence-corrected chi connectivity index (χ2v) is 4.90. The van der Waals surface area contributed by atoms with E-state index in [1.807, 2.05) is 0 Å². The molecule has 3 nitrogen and oxygen atoms in total. The van der Waals surface area contributed by atoms with Crippen molar-refractivity contribution in [3.8, 4) is 0 Å². The number of ether oxygens (including phenoxy) is 1. The standard InChI is InChI=1S/C10H12O3S/c1-13-8-7-9-3-5-10(6-4-9)14(2,11)12/h3-8H,1-2H3. The molecule has 0 atom stereocenters. The van der Waals surface area contributed by atoms with E-state index in [4.69, 9.17) is 4.74 Å². The van der Waals surface area contributed by atoms with Crippen LogP contribution in [0.3, 0.4) is 0 Å². The molecule has 0 saturated carbocycles. The Morgan fingerprint density at radius 3 is 2.21 bits per heavy atom. The van der Waals surface area contributed by atoms with Gasteiger partial charge in [-0.2, -0.15) is 0 Å². The molecular weight excluding hydrogens is 200 g/mol. The summed E-state index contributed by atoms with van der Waals surface area (Å²) < 4.78 is 27.0. The van der Waals surface area contributed by atoms with Crippen LogP contribution >= 0.6 is 0 Å². The lowest BCUT2D eigenvalue weighted by Crippen LogP contribution is -1.95. The molecular formula is C10H12O3S. The van der Waals surface area contributed by atoms with Gasteiger partial charge >= 0.3 is 0 Å². The summed E-state index contributed by atoms with van der Waals surface area (Å²) in [6.07, 6.45) is 4.48. The van der Waals surface area contributed by atoms with Crippen LogP contribution in [0.2, 0.25) is 0 Å². The number of benzene rings is 1. The van der Waals surface area contributed by atoms with Gasteiger partial charge in [0.25, 0.3) is 0 Å². The fourth-order valence-corrected chi connectivity index (χ4v) is 1.60.